The molecule has 2 aromatic heterocycles. The first kappa shape index (κ1) is 14.2. The summed E-state index contributed by atoms with van der Waals surface area (Å²) in [6.45, 7) is 9.13. The van der Waals surface area contributed by atoms with Crippen molar-refractivity contribution in [2.45, 2.75) is 26.6 Å². The molecule has 0 aromatic carbocycles. The van der Waals surface area contributed by atoms with Crippen LogP contribution in [-0.2, 0) is 19.6 Å². The predicted octanol–water partition coefficient (Wildman–Crippen LogP) is 1.01. The van der Waals surface area contributed by atoms with Gasteiger partial charge in [0, 0.05) is 45.5 Å². The Kier molecular flexibility index (Phi) is 4.57. The molecule has 3 rings (SSSR count). The fourth-order valence-corrected chi connectivity index (χ4v) is 2.70. The SMILES string of the molecule is CCn1ncnc1CN1CCN(Cc2ccccn2)CC1. The Bertz CT molecular complexity index is 544. The standard InChI is InChI=1S/C15H22N6/c1-2-21-15(17-13-18-21)12-20-9-7-19(8-10-20)11-14-5-3-4-6-16-14/h3-6,13H,2,7-12H2,1H3. The van der Waals surface area contributed by atoms with Gasteiger partial charge in [0.25, 0.3) is 0 Å². The number of pyridine rings is 1. The summed E-state index contributed by atoms with van der Waals surface area (Å²) in [7, 11) is 0. The quantitative estimate of drug-likeness (QED) is 0.821. The molecule has 6 heteroatoms. The summed E-state index contributed by atoms with van der Waals surface area (Å²) in [4.78, 5) is 13.7. The maximum atomic E-state index is 4.40. The van der Waals surface area contributed by atoms with Crippen molar-refractivity contribution in [1.29, 1.82) is 0 Å². The Balaban J connectivity index is 1.49. The molecule has 1 saturated heterocycles. The first-order valence-electron chi connectivity index (χ1n) is 7.56. The number of aromatic nitrogens is 4. The third-order valence-electron chi connectivity index (χ3n) is 3.94. The first-order valence-corrected chi connectivity index (χ1v) is 7.56. The number of nitrogens with zero attached hydrogens (tertiary/aromatic N) is 6. The van der Waals surface area contributed by atoms with E-state index in [9.17, 15) is 0 Å². The highest BCUT2D eigenvalue weighted by Gasteiger charge is 2.18. The topological polar surface area (TPSA) is 50.1 Å². The molecule has 21 heavy (non-hydrogen) atoms. The second-order valence-electron chi connectivity index (χ2n) is 5.37. The van der Waals surface area contributed by atoms with E-state index in [4.69, 9.17) is 0 Å². The second kappa shape index (κ2) is 6.78. The number of piperazine rings is 1. The van der Waals surface area contributed by atoms with Gasteiger partial charge in [-0.3, -0.25) is 14.8 Å². The van der Waals surface area contributed by atoms with Gasteiger partial charge in [0.2, 0.25) is 0 Å². The number of aryl methyl sites for hydroxylation is 1. The lowest BCUT2D eigenvalue weighted by molar-refractivity contribution is 0.117. The van der Waals surface area contributed by atoms with Crippen LogP contribution in [0, 0.1) is 0 Å². The van der Waals surface area contributed by atoms with Crippen LogP contribution in [0.2, 0.25) is 0 Å². The van der Waals surface area contributed by atoms with Crippen LogP contribution >= 0.6 is 0 Å². The van der Waals surface area contributed by atoms with E-state index < -0.39 is 0 Å². The van der Waals surface area contributed by atoms with Gasteiger partial charge in [-0.1, -0.05) is 6.07 Å². The summed E-state index contributed by atoms with van der Waals surface area (Å²) in [5.74, 6) is 1.07. The molecule has 1 aliphatic rings. The molecule has 112 valence electrons. The Labute approximate surface area is 125 Å². The van der Waals surface area contributed by atoms with Crippen LogP contribution in [0.4, 0.5) is 0 Å². The van der Waals surface area contributed by atoms with Crippen LogP contribution in [0.5, 0.6) is 0 Å². The highest BCUT2D eigenvalue weighted by Crippen LogP contribution is 2.09. The maximum Gasteiger partial charge on any atom is 0.140 e. The molecule has 3 heterocycles. The normalized spacial score (nSPS) is 17.2. The lowest BCUT2D eigenvalue weighted by atomic mass is 10.2. The highest BCUT2D eigenvalue weighted by molar-refractivity contribution is 5.03. The van der Waals surface area contributed by atoms with Crippen molar-refractivity contribution in [3.8, 4) is 0 Å². The summed E-state index contributed by atoms with van der Waals surface area (Å²) >= 11 is 0. The minimum Gasteiger partial charge on any atom is -0.295 e. The van der Waals surface area contributed by atoms with Gasteiger partial charge in [-0.2, -0.15) is 5.10 Å². The molecule has 6 nitrogen and oxygen atoms in total. The molecule has 2 aromatic rings. The van der Waals surface area contributed by atoms with Crippen LogP contribution in [0.15, 0.2) is 30.7 Å². The molecule has 0 N–H and O–H groups in total. The average molecular weight is 286 g/mol. The molecule has 0 spiro atoms. The number of rotatable bonds is 5. The summed E-state index contributed by atoms with van der Waals surface area (Å²) in [5, 5.41) is 4.23. The fraction of sp³-hybridized carbons (Fsp3) is 0.533. The molecule has 1 fully saturated rings. The summed E-state index contributed by atoms with van der Waals surface area (Å²) < 4.78 is 1.97. The summed E-state index contributed by atoms with van der Waals surface area (Å²) in [5.41, 5.74) is 1.15. The molecule has 0 radical (unpaired) electrons. The van der Waals surface area contributed by atoms with Gasteiger partial charge < -0.3 is 0 Å². The second-order valence-corrected chi connectivity index (χ2v) is 5.37. The lowest BCUT2D eigenvalue weighted by Crippen LogP contribution is -2.45. The highest BCUT2D eigenvalue weighted by atomic mass is 15.4. The van der Waals surface area contributed by atoms with Crippen LogP contribution in [0.1, 0.15) is 18.4 Å². The maximum absolute atomic E-state index is 4.40. The van der Waals surface area contributed by atoms with Gasteiger partial charge in [-0.25, -0.2) is 9.67 Å². The monoisotopic (exact) mass is 286 g/mol. The van der Waals surface area contributed by atoms with Crippen molar-refractivity contribution in [2.24, 2.45) is 0 Å². The minimum atomic E-state index is 0.884. The van der Waals surface area contributed by atoms with Gasteiger partial charge in [0.05, 0.1) is 12.2 Å². The van der Waals surface area contributed by atoms with Gasteiger partial charge in [0.15, 0.2) is 0 Å². The molecule has 0 aliphatic carbocycles. The van der Waals surface area contributed by atoms with E-state index in [0.29, 0.717) is 0 Å². The summed E-state index contributed by atoms with van der Waals surface area (Å²) in [6.07, 6.45) is 3.51. The van der Waals surface area contributed by atoms with Crippen LogP contribution in [-0.4, -0.2) is 55.7 Å². The van der Waals surface area contributed by atoms with Crippen LogP contribution < -0.4 is 0 Å². The van der Waals surface area contributed by atoms with E-state index in [-0.39, 0.29) is 0 Å². The smallest absolute Gasteiger partial charge is 0.140 e. The Morgan fingerprint density at radius 1 is 1.00 bits per heavy atom. The van der Waals surface area contributed by atoms with Crippen molar-refractivity contribution >= 4 is 0 Å². The van der Waals surface area contributed by atoms with E-state index in [1.54, 1.807) is 6.33 Å². The van der Waals surface area contributed by atoms with E-state index in [1.165, 1.54) is 0 Å². The third-order valence-corrected chi connectivity index (χ3v) is 3.94. The number of hydrogen-bond acceptors (Lipinski definition) is 5. The Morgan fingerprint density at radius 3 is 2.43 bits per heavy atom. The molecule has 0 bridgehead atoms. The largest absolute Gasteiger partial charge is 0.295 e. The van der Waals surface area contributed by atoms with E-state index in [2.05, 4.69) is 43.9 Å². The van der Waals surface area contributed by atoms with Gasteiger partial charge in [-0.15, -0.1) is 0 Å². The van der Waals surface area contributed by atoms with Crippen LogP contribution in [0.3, 0.4) is 0 Å². The average Bonchev–Trinajstić information content (AvgIpc) is 2.97. The summed E-state index contributed by atoms with van der Waals surface area (Å²) in [6, 6.07) is 6.11. The Morgan fingerprint density at radius 2 is 1.76 bits per heavy atom. The molecule has 1 aliphatic heterocycles. The fourth-order valence-electron chi connectivity index (χ4n) is 2.70. The lowest BCUT2D eigenvalue weighted by Gasteiger charge is -2.34. The van der Waals surface area contributed by atoms with E-state index in [1.807, 2.05) is 16.9 Å². The van der Waals surface area contributed by atoms with E-state index in [0.717, 1.165) is 57.3 Å². The number of hydrogen-bond donors (Lipinski definition) is 0. The van der Waals surface area contributed by atoms with Crippen molar-refractivity contribution < 1.29 is 0 Å². The Hall–Kier alpha value is -1.79. The molecule has 0 unspecified atom stereocenters. The van der Waals surface area contributed by atoms with Crippen molar-refractivity contribution in [2.75, 3.05) is 26.2 Å². The van der Waals surface area contributed by atoms with Gasteiger partial charge in [-0.05, 0) is 19.1 Å². The van der Waals surface area contributed by atoms with Crippen molar-refractivity contribution in [1.82, 2.24) is 29.5 Å². The minimum absolute atomic E-state index is 0.884. The zero-order valence-corrected chi connectivity index (χ0v) is 12.5. The molecule has 0 amide bonds. The van der Waals surface area contributed by atoms with Gasteiger partial charge in [0.1, 0.15) is 12.2 Å². The predicted molar refractivity (Wildman–Crippen MR) is 80.5 cm³/mol. The van der Waals surface area contributed by atoms with E-state index >= 15 is 0 Å². The van der Waals surface area contributed by atoms with Crippen LogP contribution in [0.25, 0.3) is 0 Å². The van der Waals surface area contributed by atoms with Crippen molar-refractivity contribution in [3.05, 3.63) is 42.2 Å². The zero-order valence-electron chi connectivity index (χ0n) is 12.5. The molecular weight excluding hydrogens is 264 g/mol. The first-order chi connectivity index (χ1) is 10.3. The molecular formula is C15H22N6. The van der Waals surface area contributed by atoms with Gasteiger partial charge >= 0.3 is 0 Å². The van der Waals surface area contributed by atoms with Crippen molar-refractivity contribution in [3.63, 3.8) is 0 Å². The zero-order chi connectivity index (χ0) is 14.5. The molecule has 0 saturated carbocycles. The molecule has 0 atom stereocenters. The third kappa shape index (κ3) is 3.65.